The molecule has 3 nitrogen and oxygen atoms in total. The van der Waals surface area contributed by atoms with Crippen molar-refractivity contribution in [2.24, 2.45) is 0 Å². The molecule has 2 N–H and O–H groups in total. The molecule has 0 heterocycles. The molecule has 0 atom stereocenters. The number of methoxy groups -OCH3 is 1. The molecule has 1 rings (SSSR count). The van der Waals surface area contributed by atoms with Crippen molar-refractivity contribution in [1.29, 1.82) is 0 Å². The van der Waals surface area contributed by atoms with Crippen LogP contribution >= 0.6 is 0 Å². The maximum atomic E-state index is 6.03. The molecule has 0 unspecified atom stereocenters. The Morgan fingerprint density at radius 1 is 1.38 bits per heavy atom. The summed E-state index contributed by atoms with van der Waals surface area (Å²) in [5.41, 5.74) is 7.93. The summed E-state index contributed by atoms with van der Waals surface area (Å²) in [5.74, 6) is 0.795. The molecular weight excluding hydrogens is 200 g/mol. The van der Waals surface area contributed by atoms with Gasteiger partial charge in [-0.3, -0.25) is 0 Å². The van der Waals surface area contributed by atoms with Crippen LogP contribution in [-0.4, -0.2) is 19.7 Å². The second-order valence-corrected chi connectivity index (χ2v) is 4.65. The zero-order valence-electron chi connectivity index (χ0n) is 10.9. The molecule has 3 heteroatoms. The fourth-order valence-electron chi connectivity index (χ4n) is 1.53. The number of hydrogen-bond acceptors (Lipinski definition) is 3. The van der Waals surface area contributed by atoms with Crippen LogP contribution in [0.2, 0.25) is 0 Å². The van der Waals surface area contributed by atoms with Crippen molar-refractivity contribution in [2.75, 3.05) is 24.8 Å². The normalized spacial score (nSPS) is 11.3. The summed E-state index contributed by atoms with van der Waals surface area (Å²) >= 11 is 0. The number of benzene rings is 1. The first-order valence-corrected chi connectivity index (χ1v) is 5.59. The van der Waals surface area contributed by atoms with Gasteiger partial charge >= 0.3 is 0 Å². The predicted molar refractivity (Wildman–Crippen MR) is 70.2 cm³/mol. The highest BCUT2D eigenvalue weighted by Gasteiger charge is 2.22. The van der Waals surface area contributed by atoms with Gasteiger partial charge in [-0.2, -0.15) is 0 Å². The smallest absolute Gasteiger partial charge is 0.121 e. The van der Waals surface area contributed by atoms with Crippen molar-refractivity contribution in [3.63, 3.8) is 0 Å². The summed E-state index contributed by atoms with van der Waals surface area (Å²) in [5, 5.41) is 0. The van der Waals surface area contributed by atoms with Gasteiger partial charge in [-0.15, -0.1) is 0 Å². The van der Waals surface area contributed by atoms with E-state index < -0.39 is 0 Å². The van der Waals surface area contributed by atoms with Gasteiger partial charge in [-0.1, -0.05) is 6.92 Å². The number of nitrogen functional groups attached to an aromatic ring is 1. The van der Waals surface area contributed by atoms with E-state index in [0.29, 0.717) is 0 Å². The summed E-state index contributed by atoms with van der Waals surface area (Å²) in [4.78, 5) is 2.21. The highest BCUT2D eigenvalue weighted by Crippen LogP contribution is 2.32. The molecule has 0 saturated carbocycles. The van der Waals surface area contributed by atoms with Gasteiger partial charge in [0.05, 0.1) is 18.5 Å². The van der Waals surface area contributed by atoms with Crippen LogP contribution in [0.3, 0.4) is 0 Å². The lowest BCUT2D eigenvalue weighted by Gasteiger charge is -2.37. The molecule has 0 fully saturated rings. The van der Waals surface area contributed by atoms with E-state index in [4.69, 9.17) is 10.5 Å². The van der Waals surface area contributed by atoms with Crippen molar-refractivity contribution in [3.8, 4) is 5.75 Å². The zero-order valence-corrected chi connectivity index (χ0v) is 10.9. The van der Waals surface area contributed by atoms with Crippen LogP contribution in [-0.2, 0) is 0 Å². The Kier molecular flexibility index (Phi) is 3.68. The highest BCUT2D eigenvalue weighted by atomic mass is 16.5. The van der Waals surface area contributed by atoms with E-state index in [-0.39, 0.29) is 5.54 Å². The van der Waals surface area contributed by atoms with Crippen LogP contribution in [0, 0.1) is 0 Å². The second-order valence-electron chi connectivity index (χ2n) is 4.65. The molecule has 0 spiro atoms. The van der Waals surface area contributed by atoms with E-state index in [1.165, 1.54) is 0 Å². The van der Waals surface area contributed by atoms with Crippen LogP contribution in [0.5, 0.6) is 5.75 Å². The topological polar surface area (TPSA) is 38.5 Å². The number of nitrogens with two attached hydrogens (primary N) is 1. The Labute approximate surface area is 98.2 Å². The molecule has 0 radical (unpaired) electrons. The predicted octanol–water partition coefficient (Wildman–Crippen LogP) is 2.90. The van der Waals surface area contributed by atoms with Gasteiger partial charge in [-0.05, 0) is 32.4 Å². The minimum atomic E-state index is 0.0999. The van der Waals surface area contributed by atoms with E-state index >= 15 is 0 Å². The number of ether oxygens (including phenoxy) is 1. The van der Waals surface area contributed by atoms with Crippen molar-refractivity contribution >= 4 is 11.4 Å². The number of hydrogen-bond donors (Lipinski definition) is 1. The summed E-state index contributed by atoms with van der Waals surface area (Å²) in [6, 6.07) is 5.80. The first-order valence-electron chi connectivity index (χ1n) is 5.59. The molecule has 0 aliphatic carbocycles. The Hall–Kier alpha value is -1.38. The molecule has 0 aliphatic heterocycles. The van der Waals surface area contributed by atoms with Crippen molar-refractivity contribution in [1.82, 2.24) is 0 Å². The minimum absolute atomic E-state index is 0.0999. The van der Waals surface area contributed by atoms with Crippen molar-refractivity contribution in [3.05, 3.63) is 18.2 Å². The first kappa shape index (κ1) is 12.7. The fourth-order valence-corrected chi connectivity index (χ4v) is 1.53. The largest absolute Gasteiger partial charge is 0.497 e. The average molecular weight is 222 g/mol. The maximum Gasteiger partial charge on any atom is 0.121 e. The van der Waals surface area contributed by atoms with Gasteiger partial charge in [0.2, 0.25) is 0 Å². The molecule has 0 aromatic heterocycles. The van der Waals surface area contributed by atoms with Crippen LogP contribution in [0.25, 0.3) is 0 Å². The van der Waals surface area contributed by atoms with Crippen LogP contribution < -0.4 is 15.4 Å². The molecule has 1 aromatic carbocycles. The van der Waals surface area contributed by atoms with E-state index in [1.54, 1.807) is 7.11 Å². The molecule has 0 saturated heterocycles. The lowest BCUT2D eigenvalue weighted by Crippen LogP contribution is -2.40. The lowest BCUT2D eigenvalue weighted by molar-refractivity contribution is 0.414. The number of rotatable bonds is 4. The second kappa shape index (κ2) is 4.64. The van der Waals surface area contributed by atoms with Gasteiger partial charge in [0, 0.05) is 18.7 Å². The fraction of sp³-hybridized carbons (Fsp3) is 0.538. The summed E-state index contributed by atoms with van der Waals surface area (Å²) in [7, 11) is 3.72. The van der Waals surface area contributed by atoms with Crippen LogP contribution in [0.4, 0.5) is 11.4 Å². The standard InChI is InChI=1S/C13H22N2O/c1-6-13(2,3)15(4)12-8-7-10(16-5)9-11(12)14/h7-9H,6,14H2,1-5H3. The Morgan fingerprint density at radius 2 is 2.00 bits per heavy atom. The summed E-state index contributed by atoms with van der Waals surface area (Å²) in [6.07, 6.45) is 1.06. The Morgan fingerprint density at radius 3 is 2.44 bits per heavy atom. The third kappa shape index (κ3) is 2.40. The summed E-state index contributed by atoms with van der Waals surface area (Å²) in [6.45, 7) is 6.59. The molecular formula is C13H22N2O. The van der Waals surface area contributed by atoms with E-state index in [9.17, 15) is 0 Å². The van der Waals surface area contributed by atoms with E-state index in [1.807, 2.05) is 18.2 Å². The van der Waals surface area contributed by atoms with E-state index in [2.05, 4.69) is 32.7 Å². The van der Waals surface area contributed by atoms with Gasteiger partial charge in [0.1, 0.15) is 5.75 Å². The average Bonchev–Trinajstić information content (AvgIpc) is 2.28. The third-order valence-corrected chi connectivity index (χ3v) is 3.37. The van der Waals surface area contributed by atoms with Gasteiger partial charge < -0.3 is 15.4 Å². The maximum absolute atomic E-state index is 6.03. The minimum Gasteiger partial charge on any atom is -0.497 e. The van der Waals surface area contributed by atoms with Crippen LogP contribution in [0.1, 0.15) is 27.2 Å². The zero-order chi connectivity index (χ0) is 12.3. The quantitative estimate of drug-likeness (QED) is 0.796. The number of anilines is 2. The van der Waals surface area contributed by atoms with Crippen molar-refractivity contribution in [2.45, 2.75) is 32.7 Å². The first-order chi connectivity index (χ1) is 7.42. The molecule has 0 aliphatic rings. The summed E-state index contributed by atoms with van der Waals surface area (Å²) < 4.78 is 5.14. The lowest BCUT2D eigenvalue weighted by atomic mass is 9.99. The van der Waals surface area contributed by atoms with Gasteiger partial charge in [0.25, 0.3) is 0 Å². The third-order valence-electron chi connectivity index (χ3n) is 3.37. The highest BCUT2D eigenvalue weighted by molar-refractivity contribution is 5.70. The monoisotopic (exact) mass is 222 g/mol. The number of nitrogens with zero attached hydrogens (tertiary/aromatic N) is 1. The SMILES string of the molecule is CCC(C)(C)N(C)c1ccc(OC)cc1N. The van der Waals surface area contributed by atoms with Crippen LogP contribution in [0.15, 0.2) is 18.2 Å². The van der Waals surface area contributed by atoms with E-state index in [0.717, 1.165) is 23.5 Å². The molecule has 0 amide bonds. The van der Waals surface area contributed by atoms with Crippen molar-refractivity contribution < 1.29 is 4.74 Å². The molecule has 16 heavy (non-hydrogen) atoms. The molecule has 90 valence electrons. The molecule has 0 bridgehead atoms. The van der Waals surface area contributed by atoms with Gasteiger partial charge in [0.15, 0.2) is 0 Å². The Bertz CT molecular complexity index is 361. The molecule has 1 aromatic rings. The Balaban J connectivity index is 3.05. The van der Waals surface area contributed by atoms with Gasteiger partial charge in [-0.25, -0.2) is 0 Å².